The Balaban J connectivity index is 1.57. The predicted octanol–water partition coefficient (Wildman–Crippen LogP) is 4.05. The van der Waals surface area contributed by atoms with E-state index in [9.17, 15) is 4.79 Å². The molecule has 7 heteroatoms. The van der Waals surface area contributed by atoms with Crippen LogP contribution in [0.4, 0.5) is 10.5 Å². The number of carbonyl (C=O) groups excluding carboxylic acids is 1. The van der Waals surface area contributed by atoms with Gasteiger partial charge in [-0.3, -0.25) is 5.10 Å². The number of benzene rings is 1. The van der Waals surface area contributed by atoms with Crippen molar-refractivity contribution in [3.63, 3.8) is 0 Å². The minimum absolute atomic E-state index is 0.0991. The number of para-hydroxylation sites is 1. The third-order valence-electron chi connectivity index (χ3n) is 4.60. The second kappa shape index (κ2) is 6.67. The molecule has 0 aliphatic carbocycles. The molecule has 2 N–H and O–H groups in total. The zero-order valence-corrected chi connectivity index (χ0v) is 14.8. The number of anilines is 1. The van der Waals surface area contributed by atoms with Crippen molar-refractivity contribution in [2.24, 2.45) is 0 Å². The van der Waals surface area contributed by atoms with Crippen molar-refractivity contribution in [1.82, 2.24) is 20.1 Å². The van der Waals surface area contributed by atoms with Crippen LogP contribution in [-0.2, 0) is 0 Å². The average molecular weight is 351 g/mol. The molecule has 1 fully saturated rings. The number of aromatic nitrogens is 3. The third kappa shape index (κ3) is 3.08. The summed E-state index contributed by atoms with van der Waals surface area (Å²) in [5, 5.41) is 10.1. The Kier molecular flexibility index (Phi) is 4.20. The molecule has 0 spiro atoms. The van der Waals surface area contributed by atoms with Gasteiger partial charge in [-0.2, -0.15) is 5.10 Å². The summed E-state index contributed by atoms with van der Waals surface area (Å²) in [5.41, 5.74) is 1.59. The number of H-pyrrole nitrogens is 1. The molecule has 26 heavy (non-hydrogen) atoms. The number of aromatic amines is 1. The Hall–Kier alpha value is -3.09. The Morgan fingerprint density at radius 1 is 1.27 bits per heavy atom. The highest BCUT2D eigenvalue weighted by atomic mass is 16.3. The van der Waals surface area contributed by atoms with Crippen molar-refractivity contribution in [2.45, 2.75) is 32.7 Å². The first kappa shape index (κ1) is 16.4. The maximum absolute atomic E-state index is 12.9. The Labute approximate surface area is 151 Å². The van der Waals surface area contributed by atoms with Crippen LogP contribution < -0.4 is 5.32 Å². The molecular weight excluding hydrogens is 330 g/mol. The molecule has 1 atom stereocenters. The van der Waals surface area contributed by atoms with E-state index in [1.54, 1.807) is 4.90 Å². The number of hydrogen-bond acceptors (Lipinski definition) is 4. The SMILES string of the molecule is Cc1nc([C@H]2CCCN2C(=O)Nc2ccccc2-c2ccc(C)o2)n[nH]1. The summed E-state index contributed by atoms with van der Waals surface area (Å²) >= 11 is 0. The van der Waals surface area contributed by atoms with Gasteiger partial charge in [0, 0.05) is 12.1 Å². The predicted molar refractivity (Wildman–Crippen MR) is 97.7 cm³/mol. The van der Waals surface area contributed by atoms with E-state index in [4.69, 9.17) is 4.42 Å². The number of carbonyl (C=O) groups is 1. The molecule has 0 bridgehead atoms. The number of likely N-dealkylation sites (tertiary alicyclic amines) is 1. The summed E-state index contributed by atoms with van der Waals surface area (Å²) < 4.78 is 5.72. The van der Waals surface area contributed by atoms with Gasteiger partial charge in [0.2, 0.25) is 0 Å². The number of aryl methyl sites for hydroxylation is 2. The van der Waals surface area contributed by atoms with Crippen LogP contribution >= 0.6 is 0 Å². The fraction of sp³-hybridized carbons (Fsp3) is 0.316. The van der Waals surface area contributed by atoms with E-state index in [2.05, 4.69) is 20.5 Å². The van der Waals surface area contributed by atoms with Gasteiger partial charge in [0.25, 0.3) is 0 Å². The fourth-order valence-corrected chi connectivity index (χ4v) is 3.36. The van der Waals surface area contributed by atoms with E-state index in [1.165, 1.54) is 0 Å². The Bertz CT molecular complexity index is 929. The lowest BCUT2D eigenvalue weighted by Gasteiger charge is -2.23. The number of amides is 2. The number of rotatable bonds is 3. The standard InChI is InChI=1S/C19H21N5O2/c1-12-9-10-17(26-12)14-6-3-4-7-15(14)21-19(25)24-11-5-8-16(24)18-20-13(2)22-23-18/h3-4,6-7,9-10,16H,5,8,11H2,1-2H3,(H,21,25)(H,20,22,23)/t16-/m1/s1. The van der Waals surface area contributed by atoms with Gasteiger partial charge in [-0.1, -0.05) is 12.1 Å². The second-order valence-corrected chi connectivity index (χ2v) is 6.52. The minimum Gasteiger partial charge on any atom is -0.461 e. The van der Waals surface area contributed by atoms with Gasteiger partial charge in [-0.25, -0.2) is 9.78 Å². The lowest BCUT2D eigenvalue weighted by Crippen LogP contribution is -2.35. The monoisotopic (exact) mass is 351 g/mol. The summed E-state index contributed by atoms with van der Waals surface area (Å²) in [6.45, 7) is 4.45. The van der Waals surface area contributed by atoms with E-state index in [0.717, 1.165) is 41.4 Å². The van der Waals surface area contributed by atoms with E-state index >= 15 is 0 Å². The zero-order chi connectivity index (χ0) is 18.1. The molecule has 4 rings (SSSR count). The highest BCUT2D eigenvalue weighted by molar-refractivity contribution is 5.94. The van der Waals surface area contributed by atoms with Crippen molar-refractivity contribution in [3.8, 4) is 11.3 Å². The molecule has 1 aliphatic rings. The molecule has 7 nitrogen and oxygen atoms in total. The smallest absolute Gasteiger partial charge is 0.322 e. The number of nitrogens with zero attached hydrogens (tertiary/aromatic N) is 3. The van der Waals surface area contributed by atoms with Crippen LogP contribution in [0.15, 0.2) is 40.8 Å². The Morgan fingerprint density at radius 3 is 2.85 bits per heavy atom. The molecule has 2 aromatic heterocycles. The van der Waals surface area contributed by atoms with Crippen LogP contribution in [0.1, 0.15) is 36.3 Å². The number of urea groups is 1. The van der Waals surface area contributed by atoms with Gasteiger partial charge < -0.3 is 14.6 Å². The van der Waals surface area contributed by atoms with Crippen molar-refractivity contribution in [2.75, 3.05) is 11.9 Å². The van der Waals surface area contributed by atoms with Crippen LogP contribution in [0.3, 0.4) is 0 Å². The summed E-state index contributed by atoms with van der Waals surface area (Å²) in [4.78, 5) is 19.1. The van der Waals surface area contributed by atoms with E-state index in [1.807, 2.05) is 50.2 Å². The molecule has 0 saturated carbocycles. The van der Waals surface area contributed by atoms with Gasteiger partial charge in [0.05, 0.1) is 11.7 Å². The normalized spacial score (nSPS) is 16.8. The van der Waals surface area contributed by atoms with Gasteiger partial charge in [-0.15, -0.1) is 0 Å². The molecule has 3 heterocycles. The molecule has 0 radical (unpaired) electrons. The van der Waals surface area contributed by atoms with Crippen LogP contribution in [0.25, 0.3) is 11.3 Å². The maximum atomic E-state index is 12.9. The molecule has 3 aromatic rings. The van der Waals surface area contributed by atoms with Gasteiger partial charge in [0.15, 0.2) is 5.82 Å². The van der Waals surface area contributed by atoms with E-state index in [0.29, 0.717) is 12.4 Å². The molecule has 134 valence electrons. The number of furan rings is 1. The first-order valence-electron chi connectivity index (χ1n) is 8.74. The average Bonchev–Trinajstić information content (AvgIpc) is 3.35. The first-order chi connectivity index (χ1) is 12.6. The topological polar surface area (TPSA) is 87.1 Å². The van der Waals surface area contributed by atoms with Crippen LogP contribution in [0, 0.1) is 13.8 Å². The van der Waals surface area contributed by atoms with Crippen molar-refractivity contribution >= 4 is 11.7 Å². The van der Waals surface area contributed by atoms with Crippen LogP contribution in [0.5, 0.6) is 0 Å². The van der Waals surface area contributed by atoms with E-state index < -0.39 is 0 Å². The van der Waals surface area contributed by atoms with Crippen LogP contribution in [-0.4, -0.2) is 32.7 Å². The highest BCUT2D eigenvalue weighted by Crippen LogP contribution is 2.33. The Morgan fingerprint density at radius 2 is 2.12 bits per heavy atom. The zero-order valence-electron chi connectivity index (χ0n) is 14.8. The van der Waals surface area contributed by atoms with Crippen molar-refractivity contribution in [3.05, 3.63) is 53.8 Å². The fourth-order valence-electron chi connectivity index (χ4n) is 3.36. The van der Waals surface area contributed by atoms with E-state index in [-0.39, 0.29) is 12.1 Å². The minimum atomic E-state index is -0.148. The van der Waals surface area contributed by atoms with Crippen molar-refractivity contribution < 1.29 is 9.21 Å². The third-order valence-corrected chi connectivity index (χ3v) is 4.60. The lowest BCUT2D eigenvalue weighted by molar-refractivity contribution is 0.205. The summed E-state index contributed by atoms with van der Waals surface area (Å²) in [6, 6.07) is 11.2. The van der Waals surface area contributed by atoms with Gasteiger partial charge in [-0.05, 0) is 51.0 Å². The molecular formula is C19H21N5O2. The highest BCUT2D eigenvalue weighted by Gasteiger charge is 2.33. The van der Waals surface area contributed by atoms with Crippen molar-refractivity contribution in [1.29, 1.82) is 0 Å². The molecule has 1 aromatic carbocycles. The molecule has 1 aliphatic heterocycles. The quantitative estimate of drug-likeness (QED) is 0.745. The number of hydrogen-bond donors (Lipinski definition) is 2. The molecule has 0 unspecified atom stereocenters. The second-order valence-electron chi connectivity index (χ2n) is 6.52. The summed E-state index contributed by atoms with van der Waals surface area (Å²) in [6.07, 6.45) is 1.80. The first-order valence-corrected chi connectivity index (χ1v) is 8.74. The number of nitrogens with one attached hydrogen (secondary N) is 2. The molecule has 2 amide bonds. The summed E-state index contributed by atoms with van der Waals surface area (Å²) in [7, 11) is 0. The maximum Gasteiger partial charge on any atom is 0.322 e. The lowest BCUT2D eigenvalue weighted by atomic mass is 10.1. The van der Waals surface area contributed by atoms with Gasteiger partial charge in [0.1, 0.15) is 17.3 Å². The van der Waals surface area contributed by atoms with Gasteiger partial charge >= 0.3 is 6.03 Å². The van der Waals surface area contributed by atoms with Crippen LogP contribution in [0.2, 0.25) is 0 Å². The summed E-state index contributed by atoms with van der Waals surface area (Å²) in [5.74, 6) is 3.00. The molecule has 1 saturated heterocycles. The largest absolute Gasteiger partial charge is 0.461 e.